The molecular weight excluding hydrogens is 450 g/mol. The fourth-order valence-electron chi connectivity index (χ4n) is 9.25. The van der Waals surface area contributed by atoms with Crippen molar-refractivity contribution in [3.8, 4) is 0 Å². The molecule has 1 heterocycles. The van der Waals surface area contributed by atoms with Gasteiger partial charge in [-0.25, -0.2) is 0 Å². The highest BCUT2D eigenvalue weighted by Crippen LogP contribution is 2.53. The maximum Gasteiger partial charge on any atom is 0.226 e. The summed E-state index contributed by atoms with van der Waals surface area (Å²) in [7, 11) is 0. The van der Waals surface area contributed by atoms with Gasteiger partial charge in [0.2, 0.25) is 5.91 Å². The zero-order valence-electron chi connectivity index (χ0n) is 22.1. The largest absolute Gasteiger partial charge is 0.390 e. The van der Waals surface area contributed by atoms with Gasteiger partial charge in [-0.1, -0.05) is 32.1 Å². The number of hydrogen-bond donors (Lipinski definition) is 4. The summed E-state index contributed by atoms with van der Waals surface area (Å²) in [6.45, 7) is 0. The Morgan fingerprint density at radius 3 is 2.39 bits per heavy atom. The molecule has 5 saturated carbocycles. The molecule has 9 unspecified atom stereocenters. The number of aliphatic hydroxyl groups is 1. The summed E-state index contributed by atoms with van der Waals surface area (Å²) >= 11 is 0. The third-order valence-electron chi connectivity index (χ3n) is 11.2. The zero-order chi connectivity index (χ0) is 24.6. The highest BCUT2D eigenvalue weighted by atomic mass is 16.3. The van der Waals surface area contributed by atoms with Crippen LogP contribution in [-0.2, 0) is 4.79 Å². The number of nitrogens with one attached hydrogen (secondary N) is 2. The van der Waals surface area contributed by atoms with Crippen molar-refractivity contribution >= 4 is 5.91 Å². The number of nitrogens with two attached hydrogens (primary N) is 1. The topological polar surface area (TPSA) is 112 Å². The number of aliphatic hydroxyl groups excluding tert-OH is 1. The summed E-state index contributed by atoms with van der Waals surface area (Å²) in [5.74, 6) is 1.91. The normalized spacial score (nSPS) is 47.7. The van der Waals surface area contributed by atoms with Crippen molar-refractivity contribution < 1.29 is 9.90 Å². The van der Waals surface area contributed by atoms with Crippen LogP contribution in [0.25, 0.3) is 0 Å². The van der Waals surface area contributed by atoms with Crippen LogP contribution in [0.15, 0.2) is 10.2 Å². The molecule has 5 N–H and O–H groups in total. The van der Waals surface area contributed by atoms with E-state index in [1.807, 2.05) is 0 Å². The second-order valence-electron chi connectivity index (χ2n) is 13.3. The van der Waals surface area contributed by atoms with Crippen molar-refractivity contribution in [1.82, 2.24) is 10.6 Å². The van der Waals surface area contributed by atoms with Crippen LogP contribution in [0.3, 0.4) is 0 Å². The van der Waals surface area contributed by atoms with Crippen LogP contribution in [0.4, 0.5) is 0 Å². The first-order valence-corrected chi connectivity index (χ1v) is 15.5. The molecule has 0 aromatic carbocycles. The number of carbonyl (C=O) groups excluding carboxylic acids is 1. The van der Waals surface area contributed by atoms with Gasteiger partial charge in [-0.15, -0.1) is 0 Å². The van der Waals surface area contributed by atoms with Gasteiger partial charge in [0, 0.05) is 30.1 Å². The number of rotatable bonds is 4. The second kappa shape index (κ2) is 11.0. The summed E-state index contributed by atoms with van der Waals surface area (Å²) < 4.78 is 0. The first-order valence-electron chi connectivity index (χ1n) is 15.5. The van der Waals surface area contributed by atoms with Crippen molar-refractivity contribution in [2.45, 2.75) is 145 Å². The maximum absolute atomic E-state index is 13.5. The molecule has 1 amide bonds. The van der Waals surface area contributed by atoms with Crippen molar-refractivity contribution in [3.63, 3.8) is 0 Å². The van der Waals surface area contributed by atoms with Crippen LogP contribution in [0.1, 0.15) is 103 Å². The molecule has 9 atom stereocenters. The van der Waals surface area contributed by atoms with Crippen LogP contribution >= 0.6 is 0 Å². The first-order chi connectivity index (χ1) is 17.6. The number of azo groups is 1. The molecule has 0 bridgehead atoms. The number of nitrogens with zero attached hydrogens (tertiary/aromatic N) is 2. The smallest absolute Gasteiger partial charge is 0.226 e. The molecule has 6 rings (SSSR count). The monoisotopic (exact) mass is 499 g/mol. The van der Waals surface area contributed by atoms with Crippen LogP contribution < -0.4 is 16.4 Å². The molecule has 0 aromatic rings. The average molecular weight is 500 g/mol. The third kappa shape index (κ3) is 5.01. The van der Waals surface area contributed by atoms with Gasteiger partial charge in [0.15, 0.2) is 0 Å². The molecule has 0 spiro atoms. The number of carbonyl (C=O) groups is 1. The Hall–Kier alpha value is -1.05. The summed E-state index contributed by atoms with van der Waals surface area (Å²) in [6, 6.07) is 1.55. The molecular formula is C29H49N5O2. The van der Waals surface area contributed by atoms with E-state index in [2.05, 4.69) is 10.6 Å². The fraction of sp³-hybridized carbons (Fsp3) is 0.966. The van der Waals surface area contributed by atoms with E-state index in [0.29, 0.717) is 30.0 Å². The van der Waals surface area contributed by atoms with Gasteiger partial charge in [0.1, 0.15) is 6.04 Å². The van der Waals surface area contributed by atoms with E-state index in [1.165, 1.54) is 57.8 Å². The molecule has 0 aromatic heterocycles. The summed E-state index contributed by atoms with van der Waals surface area (Å²) in [4.78, 5) is 13.5. The van der Waals surface area contributed by atoms with Gasteiger partial charge >= 0.3 is 0 Å². The van der Waals surface area contributed by atoms with Crippen molar-refractivity contribution in [2.75, 3.05) is 0 Å². The molecule has 7 nitrogen and oxygen atoms in total. The van der Waals surface area contributed by atoms with E-state index >= 15 is 0 Å². The Labute approximate surface area is 217 Å². The van der Waals surface area contributed by atoms with Gasteiger partial charge in [0.05, 0.1) is 18.1 Å². The Kier molecular flexibility index (Phi) is 7.70. The minimum atomic E-state index is -0.743. The fourth-order valence-corrected chi connectivity index (χ4v) is 9.25. The highest BCUT2D eigenvalue weighted by molar-refractivity contribution is 5.80. The molecule has 1 saturated heterocycles. The van der Waals surface area contributed by atoms with Crippen LogP contribution in [0.5, 0.6) is 0 Å². The van der Waals surface area contributed by atoms with Crippen molar-refractivity contribution in [2.24, 2.45) is 45.6 Å². The van der Waals surface area contributed by atoms with Crippen LogP contribution in [-0.4, -0.2) is 53.4 Å². The summed E-state index contributed by atoms with van der Waals surface area (Å²) in [5.41, 5.74) is 6.12. The lowest BCUT2D eigenvalue weighted by Gasteiger charge is -2.50. The average Bonchev–Trinajstić information content (AvgIpc) is 3.28. The molecule has 6 fully saturated rings. The molecule has 7 heteroatoms. The second-order valence-corrected chi connectivity index (χ2v) is 13.3. The van der Waals surface area contributed by atoms with E-state index in [1.54, 1.807) is 0 Å². The van der Waals surface area contributed by atoms with Gasteiger partial charge < -0.3 is 21.5 Å². The molecule has 5 aliphatic carbocycles. The predicted octanol–water partition coefficient (Wildman–Crippen LogP) is 4.08. The lowest BCUT2D eigenvalue weighted by atomic mass is 9.58. The minimum Gasteiger partial charge on any atom is -0.390 e. The molecule has 1 aliphatic heterocycles. The Morgan fingerprint density at radius 2 is 1.58 bits per heavy atom. The van der Waals surface area contributed by atoms with Crippen molar-refractivity contribution in [1.29, 1.82) is 0 Å². The standard InChI is InChI=1S/C29H49N5O2/c30-18-11-13-20(14-12-18)33-34-27-25-17(10-15-22-21-8-4-5-9-24(21)32-26(22)25)16-23(28(27)35)29(36)31-19-6-2-1-3-7-19/h17-28,32,35H,1-16,30H2,(H,31,36). The Bertz CT molecular complexity index is 793. The minimum absolute atomic E-state index is 0.0619. The molecule has 0 radical (unpaired) electrons. The van der Waals surface area contributed by atoms with Gasteiger partial charge in [-0.05, 0) is 88.4 Å². The quantitative estimate of drug-likeness (QED) is 0.437. The lowest BCUT2D eigenvalue weighted by Crippen LogP contribution is -2.59. The molecule has 36 heavy (non-hydrogen) atoms. The first kappa shape index (κ1) is 25.2. The predicted molar refractivity (Wildman–Crippen MR) is 140 cm³/mol. The van der Waals surface area contributed by atoms with E-state index in [4.69, 9.17) is 16.0 Å². The molecule has 6 aliphatic rings. The SMILES string of the molecule is NC1CCC(N=NC2C(O)C(C(=O)NC3CCCCC3)CC3CCC4C5CCCCC5NC4C32)CC1. The number of fused-ring (bicyclic) bond motifs is 5. The third-order valence-corrected chi connectivity index (χ3v) is 11.2. The van der Waals surface area contributed by atoms with Gasteiger partial charge in [0.25, 0.3) is 0 Å². The van der Waals surface area contributed by atoms with E-state index < -0.39 is 6.10 Å². The van der Waals surface area contributed by atoms with E-state index in [-0.39, 0.29) is 35.9 Å². The van der Waals surface area contributed by atoms with Crippen molar-refractivity contribution in [3.05, 3.63) is 0 Å². The Balaban J connectivity index is 1.23. The summed E-state index contributed by atoms with van der Waals surface area (Å²) in [5, 5.41) is 29.0. The summed E-state index contributed by atoms with van der Waals surface area (Å²) in [6.07, 6.45) is 17.6. The van der Waals surface area contributed by atoms with Gasteiger partial charge in [-0.2, -0.15) is 10.2 Å². The number of amides is 1. The maximum atomic E-state index is 13.5. The van der Waals surface area contributed by atoms with E-state index in [9.17, 15) is 9.90 Å². The Morgan fingerprint density at radius 1 is 0.833 bits per heavy atom. The molecule has 202 valence electrons. The highest BCUT2D eigenvalue weighted by Gasteiger charge is 2.57. The lowest BCUT2D eigenvalue weighted by molar-refractivity contribution is -0.136. The van der Waals surface area contributed by atoms with Gasteiger partial charge in [-0.3, -0.25) is 4.79 Å². The van der Waals surface area contributed by atoms with Crippen LogP contribution in [0.2, 0.25) is 0 Å². The van der Waals surface area contributed by atoms with E-state index in [0.717, 1.165) is 50.9 Å². The van der Waals surface area contributed by atoms with Crippen LogP contribution in [0, 0.1) is 29.6 Å². The zero-order valence-corrected chi connectivity index (χ0v) is 22.1. The number of hydrogen-bond acceptors (Lipinski definition) is 6.